The predicted molar refractivity (Wildman–Crippen MR) is 114 cm³/mol. The highest BCUT2D eigenvalue weighted by Gasteiger charge is 2.35. The van der Waals surface area contributed by atoms with Crippen LogP contribution in [0.5, 0.6) is 0 Å². The van der Waals surface area contributed by atoms with E-state index in [1.807, 2.05) is 24.0 Å². The van der Waals surface area contributed by atoms with Crippen LogP contribution in [-0.2, 0) is 27.9 Å². The molecule has 1 amide bonds. The molecular weight excluding hydrogens is 392 g/mol. The number of fused-ring (bicyclic) bond motifs is 1. The first-order valence-electron chi connectivity index (χ1n) is 9.99. The van der Waals surface area contributed by atoms with Crippen molar-refractivity contribution in [3.63, 3.8) is 0 Å². The van der Waals surface area contributed by atoms with Crippen molar-refractivity contribution in [1.82, 2.24) is 10.2 Å². The maximum Gasteiger partial charge on any atom is 0.239 e. The lowest BCUT2D eigenvalue weighted by Gasteiger charge is -2.39. The van der Waals surface area contributed by atoms with Gasteiger partial charge in [-0.2, -0.15) is 0 Å². The van der Waals surface area contributed by atoms with Crippen molar-refractivity contribution >= 4 is 28.8 Å². The van der Waals surface area contributed by atoms with Crippen molar-refractivity contribution in [2.75, 3.05) is 26.3 Å². The SMILES string of the molecule is CC(NCC1(c2ccc(Cl)cc2)CCOCC1)C(=O)N1CCc2sccc2C1. The van der Waals surface area contributed by atoms with Gasteiger partial charge in [-0.3, -0.25) is 4.79 Å². The lowest BCUT2D eigenvalue weighted by Crippen LogP contribution is -2.51. The van der Waals surface area contributed by atoms with E-state index in [2.05, 4.69) is 28.9 Å². The second kappa shape index (κ2) is 8.54. The number of nitrogens with one attached hydrogen (secondary N) is 1. The molecule has 1 fully saturated rings. The monoisotopic (exact) mass is 418 g/mol. The highest BCUT2D eigenvalue weighted by Crippen LogP contribution is 2.35. The van der Waals surface area contributed by atoms with E-state index in [-0.39, 0.29) is 17.4 Å². The van der Waals surface area contributed by atoms with Gasteiger partial charge in [0.1, 0.15) is 0 Å². The Labute approximate surface area is 175 Å². The van der Waals surface area contributed by atoms with Gasteiger partial charge in [-0.05, 0) is 60.9 Å². The molecule has 1 unspecified atom stereocenters. The minimum atomic E-state index is -0.202. The van der Waals surface area contributed by atoms with Gasteiger partial charge in [-0.15, -0.1) is 11.3 Å². The molecule has 2 aliphatic heterocycles. The number of ether oxygens (including phenoxy) is 1. The molecule has 1 atom stereocenters. The normalized spacial score (nSPS) is 19.9. The van der Waals surface area contributed by atoms with Crippen LogP contribution in [0, 0.1) is 0 Å². The highest BCUT2D eigenvalue weighted by molar-refractivity contribution is 7.10. The zero-order chi connectivity index (χ0) is 19.6. The van der Waals surface area contributed by atoms with Gasteiger partial charge in [0.2, 0.25) is 5.91 Å². The van der Waals surface area contributed by atoms with Gasteiger partial charge >= 0.3 is 0 Å². The van der Waals surface area contributed by atoms with Crippen molar-refractivity contribution in [2.24, 2.45) is 0 Å². The maximum atomic E-state index is 13.0. The number of carbonyl (C=O) groups excluding carboxylic acids is 1. The van der Waals surface area contributed by atoms with E-state index in [1.165, 1.54) is 16.0 Å². The van der Waals surface area contributed by atoms with Gasteiger partial charge in [0, 0.05) is 48.2 Å². The van der Waals surface area contributed by atoms with Gasteiger partial charge in [0.25, 0.3) is 0 Å². The van der Waals surface area contributed by atoms with Crippen LogP contribution in [0.3, 0.4) is 0 Å². The Bertz CT molecular complexity index is 814. The van der Waals surface area contributed by atoms with Crippen LogP contribution < -0.4 is 5.32 Å². The zero-order valence-corrected chi connectivity index (χ0v) is 17.8. The number of hydrogen-bond acceptors (Lipinski definition) is 4. The fourth-order valence-corrected chi connectivity index (χ4v) is 5.29. The van der Waals surface area contributed by atoms with Gasteiger partial charge in [0.05, 0.1) is 6.04 Å². The third-order valence-corrected chi connectivity index (χ3v) is 7.42. The average molecular weight is 419 g/mol. The molecule has 4 nitrogen and oxygen atoms in total. The summed E-state index contributed by atoms with van der Waals surface area (Å²) >= 11 is 7.89. The summed E-state index contributed by atoms with van der Waals surface area (Å²) in [4.78, 5) is 16.4. The largest absolute Gasteiger partial charge is 0.381 e. The average Bonchev–Trinajstić information content (AvgIpc) is 3.20. The number of thiophene rings is 1. The molecule has 1 aromatic carbocycles. The Kier molecular flexibility index (Phi) is 6.07. The highest BCUT2D eigenvalue weighted by atomic mass is 35.5. The second-order valence-electron chi connectivity index (χ2n) is 7.88. The molecule has 28 heavy (non-hydrogen) atoms. The summed E-state index contributed by atoms with van der Waals surface area (Å²) < 4.78 is 5.62. The summed E-state index contributed by atoms with van der Waals surface area (Å²) in [5.74, 6) is 0.190. The van der Waals surface area contributed by atoms with E-state index in [0.717, 1.165) is 57.1 Å². The van der Waals surface area contributed by atoms with Crippen LogP contribution in [0.1, 0.15) is 35.8 Å². The molecule has 0 aliphatic carbocycles. The van der Waals surface area contributed by atoms with Gasteiger partial charge in [-0.25, -0.2) is 0 Å². The summed E-state index contributed by atoms with van der Waals surface area (Å²) in [5, 5.41) is 6.42. The molecule has 0 radical (unpaired) electrons. The van der Waals surface area contributed by atoms with Crippen molar-refractivity contribution in [3.8, 4) is 0 Å². The Balaban J connectivity index is 1.42. The minimum Gasteiger partial charge on any atom is -0.381 e. The van der Waals surface area contributed by atoms with Crippen molar-refractivity contribution < 1.29 is 9.53 Å². The third-order valence-electron chi connectivity index (χ3n) is 6.14. The summed E-state index contributed by atoms with van der Waals surface area (Å²) in [5.41, 5.74) is 2.56. The van der Waals surface area contributed by atoms with E-state index in [4.69, 9.17) is 16.3 Å². The molecule has 1 aromatic heterocycles. The van der Waals surface area contributed by atoms with E-state index in [1.54, 1.807) is 11.3 Å². The summed E-state index contributed by atoms with van der Waals surface area (Å²) in [7, 11) is 0. The fraction of sp³-hybridized carbons (Fsp3) is 0.500. The number of halogens is 1. The molecule has 2 aliphatic rings. The molecule has 2 aromatic rings. The zero-order valence-electron chi connectivity index (χ0n) is 16.2. The van der Waals surface area contributed by atoms with Crippen molar-refractivity contribution in [1.29, 1.82) is 0 Å². The quantitative estimate of drug-likeness (QED) is 0.797. The van der Waals surface area contributed by atoms with Crippen molar-refractivity contribution in [3.05, 3.63) is 56.7 Å². The van der Waals surface area contributed by atoms with Crippen LogP contribution in [0.25, 0.3) is 0 Å². The Morgan fingerprint density at radius 1 is 1.29 bits per heavy atom. The van der Waals surface area contributed by atoms with Crippen LogP contribution >= 0.6 is 22.9 Å². The predicted octanol–water partition coefficient (Wildman–Crippen LogP) is 4.01. The van der Waals surface area contributed by atoms with Gasteiger partial charge in [0.15, 0.2) is 0 Å². The lowest BCUT2D eigenvalue weighted by molar-refractivity contribution is -0.134. The third kappa shape index (κ3) is 4.13. The minimum absolute atomic E-state index is 0.0141. The standard InChI is InChI=1S/C22H27ClN2O2S/c1-16(21(26)25-10-6-20-17(14-25)7-13-28-20)24-15-22(8-11-27-12-9-22)18-2-4-19(23)5-3-18/h2-5,7,13,16,24H,6,8-12,14-15H2,1H3. The van der Waals surface area contributed by atoms with E-state index in [0.29, 0.717) is 0 Å². The fourth-order valence-electron chi connectivity index (χ4n) is 4.28. The van der Waals surface area contributed by atoms with E-state index >= 15 is 0 Å². The molecule has 0 saturated carbocycles. The molecule has 1 saturated heterocycles. The van der Waals surface area contributed by atoms with E-state index < -0.39 is 0 Å². The number of benzene rings is 1. The molecule has 0 spiro atoms. The molecule has 1 N–H and O–H groups in total. The Hall–Kier alpha value is -1.40. The molecule has 6 heteroatoms. The number of carbonyl (C=O) groups is 1. The summed E-state index contributed by atoms with van der Waals surface area (Å²) in [6.07, 6.45) is 2.87. The molecule has 3 heterocycles. The van der Waals surface area contributed by atoms with Crippen LogP contribution in [0.15, 0.2) is 35.7 Å². The van der Waals surface area contributed by atoms with Gasteiger partial charge in [-0.1, -0.05) is 23.7 Å². The van der Waals surface area contributed by atoms with E-state index in [9.17, 15) is 4.79 Å². The Morgan fingerprint density at radius 2 is 2.04 bits per heavy atom. The first-order chi connectivity index (χ1) is 13.6. The number of nitrogens with zero attached hydrogens (tertiary/aromatic N) is 1. The number of hydrogen-bond donors (Lipinski definition) is 1. The van der Waals surface area contributed by atoms with Crippen LogP contribution in [0.2, 0.25) is 5.02 Å². The van der Waals surface area contributed by atoms with Crippen molar-refractivity contribution in [2.45, 2.75) is 44.2 Å². The summed E-state index contributed by atoms with van der Waals surface area (Å²) in [6, 6.07) is 10.1. The molecular formula is C22H27ClN2O2S. The smallest absolute Gasteiger partial charge is 0.239 e. The summed E-state index contributed by atoms with van der Waals surface area (Å²) in [6.45, 7) is 5.80. The molecule has 0 bridgehead atoms. The second-order valence-corrected chi connectivity index (χ2v) is 9.32. The number of rotatable bonds is 5. The van der Waals surface area contributed by atoms with Crippen LogP contribution in [0.4, 0.5) is 0 Å². The number of amides is 1. The lowest BCUT2D eigenvalue weighted by atomic mass is 9.74. The molecule has 150 valence electrons. The topological polar surface area (TPSA) is 41.6 Å². The first kappa shape index (κ1) is 19.9. The Morgan fingerprint density at radius 3 is 2.79 bits per heavy atom. The van der Waals surface area contributed by atoms with Gasteiger partial charge < -0.3 is 15.0 Å². The maximum absolute atomic E-state index is 13.0. The molecule has 4 rings (SSSR count). The van der Waals surface area contributed by atoms with Crippen LogP contribution in [-0.4, -0.2) is 43.2 Å². The first-order valence-corrected chi connectivity index (χ1v) is 11.2.